The zero-order valence-electron chi connectivity index (χ0n) is 19.9. The molecule has 0 spiro atoms. The van der Waals surface area contributed by atoms with Gasteiger partial charge in [0.05, 0.1) is 37.4 Å². The molecule has 1 aromatic heterocycles. The summed E-state index contributed by atoms with van der Waals surface area (Å²) in [5, 5.41) is 35.4. The van der Waals surface area contributed by atoms with Crippen LogP contribution < -0.4 is 5.32 Å². The summed E-state index contributed by atoms with van der Waals surface area (Å²) in [4.78, 5) is 32.0. The summed E-state index contributed by atoms with van der Waals surface area (Å²) in [6, 6.07) is 17.1. The van der Waals surface area contributed by atoms with Gasteiger partial charge in [-0.3, -0.25) is 9.59 Å². The van der Waals surface area contributed by atoms with Crippen molar-refractivity contribution < 1.29 is 24.9 Å². The molecule has 2 heterocycles. The maximum atomic E-state index is 13.1. The molecule has 8 nitrogen and oxygen atoms in total. The molecule has 2 aromatic carbocycles. The lowest BCUT2D eigenvalue weighted by molar-refractivity contribution is -0.150. The Bertz CT molecular complexity index is 1170. The Morgan fingerprint density at radius 2 is 1.81 bits per heavy atom. The summed E-state index contributed by atoms with van der Waals surface area (Å²) >= 11 is 1.39. The molecular weight excluding hydrogens is 478 g/mol. The van der Waals surface area contributed by atoms with Crippen molar-refractivity contribution in [3.63, 3.8) is 0 Å². The molecule has 9 heteroatoms. The van der Waals surface area contributed by atoms with Crippen LogP contribution in [0.3, 0.4) is 0 Å². The third-order valence-electron chi connectivity index (χ3n) is 6.56. The van der Waals surface area contributed by atoms with Crippen molar-refractivity contribution in [1.29, 1.82) is 0 Å². The van der Waals surface area contributed by atoms with Gasteiger partial charge < -0.3 is 25.5 Å². The van der Waals surface area contributed by atoms with E-state index in [1.165, 1.54) is 11.3 Å². The Morgan fingerprint density at radius 1 is 1.08 bits per heavy atom. The monoisotopic (exact) mass is 509 g/mol. The van der Waals surface area contributed by atoms with E-state index in [1.807, 2.05) is 60.0 Å². The highest BCUT2D eigenvalue weighted by molar-refractivity contribution is 7.09. The van der Waals surface area contributed by atoms with Crippen molar-refractivity contribution in [2.24, 2.45) is 5.92 Å². The van der Waals surface area contributed by atoms with Crippen molar-refractivity contribution in [1.82, 2.24) is 15.2 Å². The van der Waals surface area contributed by atoms with E-state index in [0.29, 0.717) is 18.0 Å². The van der Waals surface area contributed by atoms with Crippen LogP contribution in [0.15, 0.2) is 60.0 Å². The van der Waals surface area contributed by atoms with Crippen LogP contribution in [0.4, 0.5) is 0 Å². The van der Waals surface area contributed by atoms with Gasteiger partial charge in [-0.15, -0.1) is 11.3 Å². The van der Waals surface area contributed by atoms with Gasteiger partial charge >= 0.3 is 0 Å². The second-order valence-corrected chi connectivity index (χ2v) is 9.83. The lowest BCUT2D eigenvalue weighted by Gasteiger charge is -2.29. The van der Waals surface area contributed by atoms with Crippen molar-refractivity contribution in [2.45, 2.75) is 44.6 Å². The van der Waals surface area contributed by atoms with Crippen LogP contribution in [0, 0.1) is 5.92 Å². The number of aromatic nitrogens is 1. The van der Waals surface area contributed by atoms with Gasteiger partial charge in [-0.05, 0) is 29.5 Å². The van der Waals surface area contributed by atoms with Crippen LogP contribution in [0.25, 0.3) is 0 Å². The highest BCUT2D eigenvalue weighted by atomic mass is 32.1. The summed E-state index contributed by atoms with van der Waals surface area (Å²) in [6.45, 7) is -0.0740. The Hall–Kier alpha value is -3.11. The number of likely N-dealkylation sites (tertiary alicyclic amines) is 1. The number of nitrogens with zero attached hydrogens (tertiary/aromatic N) is 2. The number of hydrogen-bond donors (Lipinski definition) is 4. The molecule has 1 saturated heterocycles. The normalized spacial score (nSPS) is 17.1. The van der Waals surface area contributed by atoms with E-state index in [9.17, 15) is 24.9 Å². The number of nitrogens with one attached hydrogen (secondary N) is 1. The molecule has 1 fully saturated rings. The summed E-state index contributed by atoms with van der Waals surface area (Å²) in [5.74, 6) is -2.42. The summed E-state index contributed by atoms with van der Waals surface area (Å²) < 4.78 is 0. The maximum absolute atomic E-state index is 13.1. The van der Waals surface area contributed by atoms with Crippen molar-refractivity contribution in [3.8, 4) is 0 Å². The van der Waals surface area contributed by atoms with Gasteiger partial charge in [0.2, 0.25) is 5.91 Å². The van der Waals surface area contributed by atoms with Crippen LogP contribution in [-0.4, -0.2) is 56.3 Å². The molecule has 4 N–H and O–H groups in total. The fourth-order valence-corrected chi connectivity index (χ4v) is 5.34. The molecule has 190 valence electrons. The molecule has 3 atom stereocenters. The van der Waals surface area contributed by atoms with Gasteiger partial charge in [0.15, 0.2) is 0 Å². The van der Waals surface area contributed by atoms with E-state index >= 15 is 0 Å². The summed E-state index contributed by atoms with van der Waals surface area (Å²) in [6.07, 6.45) is 0.518. The van der Waals surface area contributed by atoms with Crippen molar-refractivity contribution >= 4 is 23.2 Å². The minimum Gasteiger partial charge on any atom is -0.395 e. The SMILES string of the molecule is O=C(NCc1nc(Cc2ccccc2CO)cs1)C(CO)[C@@H](O)C(=O)N1CCCC1c1ccccc1. The van der Waals surface area contributed by atoms with E-state index in [-0.39, 0.29) is 19.2 Å². The third-order valence-corrected chi connectivity index (χ3v) is 7.46. The van der Waals surface area contributed by atoms with Crippen molar-refractivity contribution in [2.75, 3.05) is 13.2 Å². The predicted molar refractivity (Wildman–Crippen MR) is 136 cm³/mol. The van der Waals surface area contributed by atoms with Gasteiger partial charge in [0.1, 0.15) is 11.1 Å². The van der Waals surface area contributed by atoms with Crippen LogP contribution >= 0.6 is 11.3 Å². The molecule has 2 unspecified atom stereocenters. The summed E-state index contributed by atoms with van der Waals surface area (Å²) in [5.41, 5.74) is 3.64. The number of hydrogen-bond acceptors (Lipinski definition) is 7. The molecule has 1 aliphatic rings. The summed E-state index contributed by atoms with van der Waals surface area (Å²) in [7, 11) is 0. The lowest BCUT2D eigenvalue weighted by Crippen LogP contribution is -2.48. The number of thiazole rings is 1. The standard InChI is InChI=1S/C27H31N3O5S/c31-15-20-10-5-4-9-19(20)13-21-17-36-24(29-21)14-28-26(34)22(16-32)25(33)27(35)30-12-6-11-23(30)18-7-2-1-3-8-18/h1-5,7-10,17,22-23,25,31-33H,6,11-16H2,(H,28,34)/t22?,23?,25-/m1/s1. The molecule has 0 aliphatic carbocycles. The molecule has 2 amide bonds. The quantitative estimate of drug-likeness (QED) is 0.332. The van der Waals surface area contributed by atoms with Crippen molar-refractivity contribution in [3.05, 3.63) is 87.4 Å². The minimum absolute atomic E-state index is 0.0453. The zero-order valence-corrected chi connectivity index (χ0v) is 20.7. The Kier molecular flexibility index (Phi) is 8.82. The van der Waals surface area contributed by atoms with Crippen LogP contribution in [-0.2, 0) is 29.2 Å². The molecule has 0 saturated carbocycles. The molecule has 36 heavy (non-hydrogen) atoms. The predicted octanol–water partition coefficient (Wildman–Crippen LogP) is 2.18. The largest absolute Gasteiger partial charge is 0.395 e. The molecule has 0 bridgehead atoms. The number of carbonyl (C=O) groups excluding carboxylic acids is 2. The number of benzene rings is 2. The van der Waals surface area contributed by atoms with E-state index in [1.54, 1.807) is 4.90 Å². The number of rotatable bonds is 10. The number of amides is 2. The topological polar surface area (TPSA) is 123 Å². The molecule has 3 aromatic rings. The highest BCUT2D eigenvalue weighted by Gasteiger charge is 2.39. The van der Waals surface area contributed by atoms with Gasteiger partial charge in [-0.25, -0.2) is 4.98 Å². The fraction of sp³-hybridized carbons (Fsp3) is 0.370. The van der Waals surface area contributed by atoms with Gasteiger partial charge in [0.25, 0.3) is 5.91 Å². The number of carbonyl (C=O) groups is 2. The fourth-order valence-electron chi connectivity index (χ4n) is 4.60. The van der Waals surface area contributed by atoms with E-state index in [0.717, 1.165) is 35.2 Å². The van der Waals surface area contributed by atoms with Gasteiger partial charge in [0, 0.05) is 18.3 Å². The van der Waals surface area contributed by atoms with Crippen LogP contribution in [0.5, 0.6) is 0 Å². The first-order valence-electron chi connectivity index (χ1n) is 12.0. The Labute approximate surface area is 214 Å². The maximum Gasteiger partial charge on any atom is 0.252 e. The van der Waals surface area contributed by atoms with Crippen LogP contribution in [0.2, 0.25) is 0 Å². The first-order valence-corrected chi connectivity index (χ1v) is 12.9. The van der Waals surface area contributed by atoms with Gasteiger partial charge in [-0.2, -0.15) is 0 Å². The number of aliphatic hydroxyl groups is 3. The Balaban J connectivity index is 1.35. The van der Waals surface area contributed by atoms with E-state index in [4.69, 9.17) is 0 Å². The smallest absolute Gasteiger partial charge is 0.252 e. The number of aliphatic hydroxyl groups excluding tert-OH is 3. The molecule has 4 rings (SSSR count). The second kappa shape index (κ2) is 12.2. The molecule has 0 radical (unpaired) electrons. The lowest BCUT2D eigenvalue weighted by atomic mass is 9.99. The first kappa shape index (κ1) is 26.0. The average Bonchev–Trinajstić information content (AvgIpc) is 3.58. The molecule has 1 aliphatic heterocycles. The van der Waals surface area contributed by atoms with Gasteiger partial charge in [-0.1, -0.05) is 54.6 Å². The molecular formula is C27H31N3O5S. The van der Waals surface area contributed by atoms with Crippen LogP contribution in [0.1, 0.15) is 46.3 Å². The minimum atomic E-state index is -1.64. The highest BCUT2D eigenvalue weighted by Crippen LogP contribution is 2.32. The zero-order chi connectivity index (χ0) is 25.5. The third kappa shape index (κ3) is 5.99. The van der Waals surface area contributed by atoms with E-state index in [2.05, 4.69) is 10.3 Å². The van der Waals surface area contributed by atoms with E-state index < -0.39 is 30.4 Å². The Morgan fingerprint density at radius 3 is 2.53 bits per heavy atom. The first-order chi connectivity index (χ1) is 17.5. The second-order valence-electron chi connectivity index (χ2n) is 8.89. The average molecular weight is 510 g/mol.